The molecule has 0 aliphatic rings. The summed E-state index contributed by atoms with van der Waals surface area (Å²) in [7, 11) is -3.67. The summed E-state index contributed by atoms with van der Waals surface area (Å²) >= 11 is 0. The van der Waals surface area contributed by atoms with Crippen molar-refractivity contribution >= 4 is 18.6 Å². The third-order valence-electron chi connectivity index (χ3n) is 7.47. The van der Waals surface area contributed by atoms with E-state index in [4.69, 9.17) is 0 Å². The third-order valence-corrected chi connectivity index (χ3v) is 7.47. The zero-order valence-electron chi connectivity index (χ0n) is 24.9. The molecule has 0 N–H and O–H groups in total. The molecule has 1 aromatic heterocycles. The van der Waals surface area contributed by atoms with E-state index in [-0.39, 0.29) is 4.70 Å². The van der Waals surface area contributed by atoms with Crippen LogP contribution in [0.5, 0.6) is 0 Å². The molecule has 0 bridgehead atoms. The van der Waals surface area contributed by atoms with Gasteiger partial charge in [0.25, 0.3) is 0 Å². The minimum atomic E-state index is -3.67. The highest BCUT2D eigenvalue weighted by atomic mass is 19.4. The zero-order valence-corrected chi connectivity index (χ0v) is 24.9. The van der Waals surface area contributed by atoms with Gasteiger partial charge in [-0.15, -0.1) is 0 Å². The number of fused-ring (bicyclic) bond motifs is 1. The van der Waals surface area contributed by atoms with Crippen molar-refractivity contribution in [2.45, 2.75) is 65.5 Å². The highest BCUT2D eigenvalue weighted by molar-refractivity contribution is 6.33. The van der Waals surface area contributed by atoms with Crippen molar-refractivity contribution in [1.82, 2.24) is 4.57 Å². The number of nitrogens with zero attached hydrogens (tertiary/aromatic N) is 2. The predicted molar refractivity (Wildman–Crippen MR) is 166 cm³/mol. The van der Waals surface area contributed by atoms with E-state index in [1.807, 2.05) is 0 Å². The molecule has 0 fully saturated rings. The first-order valence-electron chi connectivity index (χ1n) is 14.4. The van der Waals surface area contributed by atoms with Crippen LogP contribution in [0.1, 0.15) is 74.6 Å². The first-order valence-corrected chi connectivity index (χ1v) is 14.4. The van der Waals surface area contributed by atoms with E-state index >= 15 is 0 Å². The maximum Gasteiger partial charge on any atom is 0.762 e. The summed E-state index contributed by atoms with van der Waals surface area (Å²) in [5, 5.41) is 0. The van der Waals surface area contributed by atoms with Gasteiger partial charge in [0.05, 0.1) is 0 Å². The second-order valence-corrected chi connectivity index (χ2v) is 10.4. The second kappa shape index (κ2) is 17.8. The van der Waals surface area contributed by atoms with Crippen LogP contribution >= 0.6 is 0 Å². The Morgan fingerprint density at radius 1 is 0.643 bits per heavy atom. The molecule has 2 atom stereocenters. The second-order valence-electron chi connectivity index (χ2n) is 10.4. The summed E-state index contributed by atoms with van der Waals surface area (Å²) in [6, 6.07) is 39.1. The predicted octanol–water partition coefficient (Wildman–Crippen LogP) is 6.62. The Kier molecular flexibility index (Phi) is 14.6. The molecule has 0 radical (unpaired) electrons. The molecule has 0 amide bonds. The Hall–Kier alpha value is -3.87. The standard InChI is InChI=1S/C25H27N2.C10H14.BF3.FH/c1-3-20(2)23-15-13-22(14-16-23)18-27-19-26(17-21-9-5-4-6-10-21)24-11-7-8-12-25(24)27;1-3-9(2)10-7-5-4-6-8-10;2-1(3)4;/h4-16,19-20H,3,17-18H2,1-2H3;4-9H,3H2,1-2H3;;1H/q+1;;;/p-1. The first kappa shape index (κ1) is 34.3. The maximum atomic E-state index is 9.67. The molecule has 0 aliphatic carbocycles. The Labute approximate surface area is 248 Å². The molecule has 0 saturated heterocycles. The normalized spacial score (nSPS) is 11.7. The molecule has 42 heavy (non-hydrogen) atoms. The largest absolute Gasteiger partial charge is 1.00 e. The van der Waals surface area contributed by atoms with Crippen molar-refractivity contribution in [3.05, 3.63) is 138 Å². The van der Waals surface area contributed by atoms with Gasteiger partial charge in [0.15, 0.2) is 11.0 Å². The molecule has 0 aliphatic heterocycles. The van der Waals surface area contributed by atoms with Crippen LogP contribution < -0.4 is 9.27 Å². The van der Waals surface area contributed by atoms with E-state index in [2.05, 4.69) is 152 Å². The van der Waals surface area contributed by atoms with E-state index < -0.39 is 7.54 Å². The number of halogens is 4. The van der Waals surface area contributed by atoms with Crippen molar-refractivity contribution in [2.75, 3.05) is 0 Å². The number of imidazole rings is 1. The van der Waals surface area contributed by atoms with Gasteiger partial charge in [0.2, 0.25) is 6.33 Å². The zero-order chi connectivity index (χ0) is 29.6. The van der Waals surface area contributed by atoms with Crippen molar-refractivity contribution < 1.29 is 22.2 Å². The Bertz CT molecular complexity index is 1420. The molecule has 2 unspecified atom stereocenters. The van der Waals surface area contributed by atoms with Gasteiger partial charge in [0, 0.05) is 0 Å². The van der Waals surface area contributed by atoms with Gasteiger partial charge in [0.1, 0.15) is 13.1 Å². The molecule has 7 heteroatoms. The fourth-order valence-corrected chi connectivity index (χ4v) is 4.68. The highest BCUT2D eigenvalue weighted by Gasteiger charge is 2.16. The number of hydrogen-bond acceptors (Lipinski definition) is 0. The van der Waals surface area contributed by atoms with Crippen LogP contribution in [-0.4, -0.2) is 12.1 Å². The third kappa shape index (κ3) is 10.5. The van der Waals surface area contributed by atoms with Crippen LogP contribution in [0.25, 0.3) is 11.0 Å². The first-order chi connectivity index (χ1) is 19.8. The molecular formula is C35H41BF4N2. The van der Waals surface area contributed by atoms with Gasteiger partial charge in [-0.25, -0.2) is 9.13 Å². The topological polar surface area (TPSA) is 8.81 Å². The Morgan fingerprint density at radius 2 is 1.12 bits per heavy atom. The molecule has 5 aromatic rings. The number of rotatable bonds is 8. The summed E-state index contributed by atoms with van der Waals surface area (Å²) in [5.74, 6) is 1.33. The van der Waals surface area contributed by atoms with Gasteiger partial charge in [-0.1, -0.05) is 125 Å². The van der Waals surface area contributed by atoms with Crippen LogP contribution in [0, 0.1) is 0 Å². The number of hydrogen-bond donors (Lipinski definition) is 0. The van der Waals surface area contributed by atoms with Gasteiger partial charge in [-0.05, 0) is 59.1 Å². The number of aromatic nitrogens is 2. The summed E-state index contributed by atoms with van der Waals surface area (Å²) in [5.41, 5.74) is 8.10. The smallest absolute Gasteiger partial charge is 0.762 e. The lowest BCUT2D eigenvalue weighted by Crippen LogP contribution is -3.00. The van der Waals surface area contributed by atoms with Crippen LogP contribution in [0.2, 0.25) is 0 Å². The van der Waals surface area contributed by atoms with Crippen LogP contribution in [0.15, 0.2) is 116 Å². The monoisotopic (exact) mass is 576 g/mol. The Morgan fingerprint density at radius 3 is 1.67 bits per heavy atom. The van der Waals surface area contributed by atoms with E-state index in [0.717, 1.165) is 13.1 Å². The summed E-state index contributed by atoms with van der Waals surface area (Å²) in [4.78, 5) is 0. The van der Waals surface area contributed by atoms with Crippen molar-refractivity contribution in [3.63, 3.8) is 0 Å². The van der Waals surface area contributed by atoms with E-state index in [0.29, 0.717) is 11.8 Å². The molecule has 0 saturated carbocycles. The van der Waals surface area contributed by atoms with E-state index in [1.165, 1.54) is 46.1 Å². The van der Waals surface area contributed by atoms with Crippen LogP contribution in [0.3, 0.4) is 0 Å². The quantitative estimate of drug-likeness (QED) is 0.112. The van der Waals surface area contributed by atoms with Crippen molar-refractivity contribution in [2.24, 2.45) is 0 Å². The maximum absolute atomic E-state index is 9.67. The van der Waals surface area contributed by atoms with Gasteiger partial charge >= 0.3 is 7.54 Å². The molecule has 0 spiro atoms. The highest BCUT2D eigenvalue weighted by Crippen LogP contribution is 2.20. The lowest BCUT2D eigenvalue weighted by molar-refractivity contribution is -0.663. The number of para-hydroxylation sites is 2. The summed E-state index contributed by atoms with van der Waals surface area (Å²) in [6.07, 6.45) is 4.66. The molecule has 222 valence electrons. The van der Waals surface area contributed by atoms with E-state index in [1.54, 1.807) is 0 Å². The minimum Gasteiger partial charge on any atom is -1.00 e. The van der Waals surface area contributed by atoms with Crippen LogP contribution in [-0.2, 0) is 13.1 Å². The van der Waals surface area contributed by atoms with Gasteiger partial charge < -0.3 is 4.70 Å². The van der Waals surface area contributed by atoms with Crippen molar-refractivity contribution in [3.8, 4) is 0 Å². The van der Waals surface area contributed by atoms with Crippen LogP contribution in [0.4, 0.5) is 12.9 Å². The van der Waals surface area contributed by atoms with Gasteiger partial charge in [-0.3, -0.25) is 12.9 Å². The molecular weight excluding hydrogens is 535 g/mol. The molecule has 1 heterocycles. The number of benzene rings is 4. The summed E-state index contributed by atoms with van der Waals surface area (Å²) in [6.45, 7) is 10.8. The average Bonchev–Trinajstić information content (AvgIpc) is 3.34. The lowest BCUT2D eigenvalue weighted by Gasteiger charge is -2.09. The summed E-state index contributed by atoms with van der Waals surface area (Å²) < 4.78 is 33.7. The minimum absolute atomic E-state index is 0. The lowest BCUT2D eigenvalue weighted by atomic mass is 9.98. The Balaban J connectivity index is 0.000000343. The SMILES string of the molecule is CCC(C)c1ccc(Cn2c[n+](Cc3ccccc3)c3ccccc32)cc1.CCC(C)c1ccccc1.FB(F)F.[F-]. The van der Waals surface area contributed by atoms with Crippen molar-refractivity contribution in [1.29, 1.82) is 0 Å². The average molecular weight is 577 g/mol. The van der Waals surface area contributed by atoms with Gasteiger partial charge in [-0.2, -0.15) is 0 Å². The molecule has 5 rings (SSSR count). The molecule has 4 aromatic carbocycles. The fraction of sp³-hybridized carbons (Fsp3) is 0.286. The fourth-order valence-electron chi connectivity index (χ4n) is 4.68. The van der Waals surface area contributed by atoms with E-state index in [9.17, 15) is 12.9 Å². The molecule has 2 nitrogen and oxygen atoms in total.